The number of aromatic nitrogens is 3. The highest BCUT2D eigenvalue weighted by atomic mass is 16.5. The molecule has 1 aromatic rings. The summed E-state index contributed by atoms with van der Waals surface area (Å²) < 4.78 is 5.65. The molecule has 2 aliphatic heterocycles. The molecule has 3 N–H and O–H groups in total. The Kier molecular flexibility index (Phi) is 2.06. The minimum Gasteiger partial charge on any atom is -0.371 e. The van der Waals surface area contributed by atoms with Crippen LogP contribution < -0.4 is 5.73 Å². The highest BCUT2D eigenvalue weighted by molar-refractivity contribution is 5.90. The van der Waals surface area contributed by atoms with Gasteiger partial charge in [0.1, 0.15) is 0 Å². The van der Waals surface area contributed by atoms with Crippen molar-refractivity contribution in [3.05, 3.63) is 5.82 Å². The molecular weight excluding hydrogens is 210 g/mol. The first-order chi connectivity index (χ1) is 7.72. The van der Waals surface area contributed by atoms with E-state index in [0.717, 1.165) is 12.8 Å². The van der Waals surface area contributed by atoms with E-state index in [1.165, 1.54) is 0 Å². The zero-order chi connectivity index (χ0) is 11.1. The van der Waals surface area contributed by atoms with Gasteiger partial charge in [0.15, 0.2) is 0 Å². The van der Waals surface area contributed by atoms with E-state index in [-0.39, 0.29) is 29.9 Å². The lowest BCUT2D eigenvalue weighted by Gasteiger charge is -2.31. The van der Waals surface area contributed by atoms with E-state index in [4.69, 9.17) is 10.5 Å². The lowest BCUT2D eigenvalue weighted by molar-refractivity contribution is -0.0307. The molecule has 86 valence electrons. The van der Waals surface area contributed by atoms with Crippen LogP contribution in [0.4, 0.5) is 5.95 Å². The maximum Gasteiger partial charge on any atom is 0.291 e. The molecule has 3 heterocycles. The third-order valence-electron chi connectivity index (χ3n) is 3.04. The molecule has 2 saturated heterocycles. The summed E-state index contributed by atoms with van der Waals surface area (Å²) in [6.45, 7) is 1.27. The van der Waals surface area contributed by atoms with Crippen LogP contribution in [0.2, 0.25) is 0 Å². The number of carbonyl (C=O) groups is 1. The lowest BCUT2D eigenvalue weighted by Crippen LogP contribution is -2.46. The Bertz CT molecular complexity index is 406. The molecule has 2 bridgehead atoms. The standard InChI is InChI=1S/C9H13N5O2/c10-9-11-7(12-13-9)8(15)14-3-5-1-2-6(4-14)16-5/h5-6H,1-4H2,(H3,10,11,12,13). The van der Waals surface area contributed by atoms with Gasteiger partial charge in [-0.1, -0.05) is 0 Å². The summed E-state index contributed by atoms with van der Waals surface area (Å²) in [5, 5.41) is 6.18. The molecular formula is C9H13N5O2. The SMILES string of the molecule is Nc1n[nH]c(C(=O)N2CC3CCC(C2)O3)n1. The molecule has 7 heteroatoms. The highest BCUT2D eigenvalue weighted by Gasteiger charge is 2.36. The van der Waals surface area contributed by atoms with Gasteiger partial charge in [-0.15, -0.1) is 5.10 Å². The number of likely N-dealkylation sites (tertiary alicyclic amines) is 1. The number of carbonyl (C=O) groups excluding carboxylic acids is 1. The fraction of sp³-hybridized carbons (Fsp3) is 0.667. The lowest BCUT2D eigenvalue weighted by atomic mass is 10.2. The van der Waals surface area contributed by atoms with Gasteiger partial charge in [0.2, 0.25) is 11.8 Å². The van der Waals surface area contributed by atoms with Crippen LogP contribution in [0.1, 0.15) is 23.5 Å². The molecule has 1 aromatic heterocycles. The van der Waals surface area contributed by atoms with Crippen molar-refractivity contribution >= 4 is 11.9 Å². The average molecular weight is 223 g/mol. The molecule has 0 spiro atoms. The number of hydrogen-bond donors (Lipinski definition) is 2. The molecule has 0 aromatic carbocycles. The van der Waals surface area contributed by atoms with E-state index in [0.29, 0.717) is 13.1 Å². The van der Waals surface area contributed by atoms with Crippen molar-refractivity contribution in [2.45, 2.75) is 25.0 Å². The van der Waals surface area contributed by atoms with Crippen LogP contribution in [0.5, 0.6) is 0 Å². The van der Waals surface area contributed by atoms with Crippen molar-refractivity contribution in [3.63, 3.8) is 0 Å². The molecule has 2 fully saturated rings. The second kappa shape index (κ2) is 3.44. The van der Waals surface area contributed by atoms with Crippen LogP contribution in [0.3, 0.4) is 0 Å². The van der Waals surface area contributed by atoms with Gasteiger partial charge in [-0.25, -0.2) is 0 Å². The molecule has 1 amide bonds. The van der Waals surface area contributed by atoms with Gasteiger partial charge in [-0.05, 0) is 12.8 Å². The predicted octanol–water partition coefficient (Wildman–Crippen LogP) is -0.610. The number of morpholine rings is 1. The largest absolute Gasteiger partial charge is 0.371 e. The predicted molar refractivity (Wildman–Crippen MR) is 54.6 cm³/mol. The van der Waals surface area contributed by atoms with Crippen LogP contribution in [-0.4, -0.2) is 51.3 Å². The van der Waals surface area contributed by atoms with Crippen molar-refractivity contribution in [2.24, 2.45) is 0 Å². The molecule has 2 unspecified atom stereocenters. The number of amides is 1. The Morgan fingerprint density at radius 2 is 2.12 bits per heavy atom. The summed E-state index contributed by atoms with van der Waals surface area (Å²) in [6.07, 6.45) is 2.44. The first kappa shape index (κ1) is 9.59. The average Bonchev–Trinajstić information content (AvgIpc) is 2.84. The monoisotopic (exact) mass is 223 g/mol. The summed E-state index contributed by atoms with van der Waals surface area (Å²) >= 11 is 0. The normalized spacial score (nSPS) is 28.4. The zero-order valence-corrected chi connectivity index (χ0v) is 8.72. The van der Waals surface area contributed by atoms with E-state index in [1.54, 1.807) is 4.90 Å². The second-order valence-corrected chi connectivity index (χ2v) is 4.21. The van der Waals surface area contributed by atoms with Gasteiger partial charge >= 0.3 is 0 Å². The van der Waals surface area contributed by atoms with Crippen molar-refractivity contribution in [2.75, 3.05) is 18.8 Å². The molecule has 16 heavy (non-hydrogen) atoms. The van der Waals surface area contributed by atoms with E-state index in [1.807, 2.05) is 0 Å². The molecule has 7 nitrogen and oxygen atoms in total. The number of anilines is 1. The summed E-state index contributed by atoms with van der Waals surface area (Å²) in [5.74, 6) is 0.155. The van der Waals surface area contributed by atoms with Gasteiger partial charge in [0, 0.05) is 13.1 Å². The second-order valence-electron chi connectivity index (χ2n) is 4.21. The number of nitrogens with zero attached hydrogens (tertiary/aromatic N) is 3. The number of nitrogens with one attached hydrogen (secondary N) is 1. The quantitative estimate of drug-likeness (QED) is 0.662. The molecule has 0 radical (unpaired) electrons. The number of ether oxygens (including phenoxy) is 1. The number of hydrogen-bond acceptors (Lipinski definition) is 5. The van der Waals surface area contributed by atoms with Crippen LogP contribution in [-0.2, 0) is 4.74 Å². The smallest absolute Gasteiger partial charge is 0.291 e. The zero-order valence-electron chi connectivity index (χ0n) is 8.72. The van der Waals surface area contributed by atoms with E-state index in [9.17, 15) is 4.79 Å². The maximum atomic E-state index is 12.0. The summed E-state index contributed by atoms with van der Waals surface area (Å²) in [4.78, 5) is 17.6. The number of H-pyrrole nitrogens is 1. The first-order valence-corrected chi connectivity index (χ1v) is 5.35. The van der Waals surface area contributed by atoms with Gasteiger partial charge in [0.05, 0.1) is 12.2 Å². The van der Waals surface area contributed by atoms with Crippen molar-refractivity contribution in [3.8, 4) is 0 Å². The third-order valence-corrected chi connectivity index (χ3v) is 3.04. The molecule has 2 atom stereocenters. The number of rotatable bonds is 1. The Hall–Kier alpha value is -1.63. The Morgan fingerprint density at radius 1 is 1.44 bits per heavy atom. The van der Waals surface area contributed by atoms with Gasteiger partial charge in [-0.2, -0.15) is 4.98 Å². The fourth-order valence-corrected chi connectivity index (χ4v) is 2.30. The summed E-state index contributed by atoms with van der Waals surface area (Å²) in [5.41, 5.74) is 5.36. The fourth-order valence-electron chi connectivity index (χ4n) is 2.30. The van der Waals surface area contributed by atoms with Crippen LogP contribution in [0.25, 0.3) is 0 Å². The summed E-state index contributed by atoms with van der Waals surface area (Å²) in [7, 11) is 0. The summed E-state index contributed by atoms with van der Waals surface area (Å²) in [6, 6.07) is 0. The van der Waals surface area contributed by atoms with Crippen LogP contribution >= 0.6 is 0 Å². The minimum absolute atomic E-state index is 0.0968. The number of nitrogen functional groups attached to an aromatic ring is 1. The van der Waals surface area contributed by atoms with E-state index < -0.39 is 0 Å². The van der Waals surface area contributed by atoms with Crippen LogP contribution in [0, 0.1) is 0 Å². The van der Waals surface area contributed by atoms with Crippen LogP contribution in [0.15, 0.2) is 0 Å². The Morgan fingerprint density at radius 3 is 2.69 bits per heavy atom. The minimum atomic E-state index is -0.149. The van der Waals surface area contributed by atoms with E-state index >= 15 is 0 Å². The first-order valence-electron chi connectivity index (χ1n) is 5.35. The number of fused-ring (bicyclic) bond motifs is 2. The maximum absolute atomic E-state index is 12.0. The highest BCUT2D eigenvalue weighted by Crippen LogP contribution is 2.26. The van der Waals surface area contributed by atoms with Gasteiger partial charge in [-0.3, -0.25) is 9.89 Å². The van der Waals surface area contributed by atoms with Gasteiger partial charge < -0.3 is 15.4 Å². The molecule has 0 aliphatic carbocycles. The molecule has 2 aliphatic rings. The Balaban J connectivity index is 1.76. The van der Waals surface area contributed by atoms with Gasteiger partial charge in [0.25, 0.3) is 5.91 Å². The number of nitrogens with two attached hydrogens (primary N) is 1. The van der Waals surface area contributed by atoms with Crippen molar-refractivity contribution < 1.29 is 9.53 Å². The Labute approximate surface area is 92.0 Å². The van der Waals surface area contributed by atoms with E-state index in [2.05, 4.69) is 15.2 Å². The van der Waals surface area contributed by atoms with Crippen molar-refractivity contribution in [1.29, 1.82) is 0 Å². The molecule has 3 rings (SSSR count). The molecule has 0 saturated carbocycles. The topological polar surface area (TPSA) is 97.1 Å². The van der Waals surface area contributed by atoms with Crippen molar-refractivity contribution in [1.82, 2.24) is 20.1 Å². The number of aromatic amines is 1. The third kappa shape index (κ3) is 1.53.